The first-order valence-corrected chi connectivity index (χ1v) is 10.2. The van der Waals surface area contributed by atoms with Gasteiger partial charge in [-0.25, -0.2) is 0 Å². The van der Waals surface area contributed by atoms with E-state index in [9.17, 15) is 25.2 Å². The molecule has 0 aromatic heterocycles. The van der Waals surface area contributed by atoms with Crippen LogP contribution in [-0.2, 0) is 6.42 Å². The van der Waals surface area contributed by atoms with Gasteiger partial charge in [0.25, 0.3) is 0 Å². The van der Waals surface area contributed by atoms with Crippen LogP contribution >= 0.6 is 0 Å². The molecule has 1 aliphatic heterocycles. The summed E-state index contributed by atoms with van der Waals surface area (Å²) in [5.74, 6) is -2.00. The fourth-order valence-corrected chi connectivity index (χ4v) is 3.66. The summed E-state index contributed by atoms with van der Waals surface area (Å²) in [6.07, 6.45) is 6.52. The predicted molar refractivity (Wildman–Crippen MR) is 118 cm³/mol. The average molecular weight is 424 g/mol. The van der Waals surface area contributed by atoms with Crippen LogP contribution in [0.2, 0.25) is 0 Å². The third-order valence-corrected chi connectivity index (χ3v) is 5.40. The van der Waals surface area contributed by atoms with E-state index in [1.165, 1.54) is 23.3 Å². The van der Waals surface area contributed by atoms with Crippen molar-refractivity contribution in [3.05, 3.63) is 64.3 Å². The Morgan fingerprint density at radius 1 is 1.00 bits per heavy atom. The van der Waals surface area contributed by atoms with Gasteiger partial charge in [0, 0.05) is 23.8 Å². The topological polar surface area (TPSA) is 107 Å². The molecule has 0 amide bonds. The summed E-state index contributed by atoms with van der Waals surface area (Å²) in [7, 11) is 0. The van der Waals surface area contributed by atoms with Gasteiger partial charge in [-0.1, -0.05) is 23.3 Å². The third-order valence-electron chi connectivity index (χ3n) is 5.40. The number of allylic oxidation sites excluding steroid dienone is 4. The molecule has 1 unspecified atom stereocenters. The van der Waals surface area contributed by atoms with Crippen molar-refractivity contribution in [1.82, 2.24) is 0 Å². The SMILES string of the molecule is CC(C)=CCCC(C)=CCc1cc(C2COc3cc(O)cc(O)c3C2=O)c(O)cc1O. The van der Waals surface area contributed by atoms with Crippen LogP contribution in [0.15, 0.2) is 47.6 Å². The molecular formula is C25H28O6. The van der Waals surface area contributed by atoms with Gasteiger partial charge in [-0.05, 0) is 51.7 Å². The highest BCUT2D eigenvalue weighted by Gasteiger charge is 2.35. The molecule has 1 heterocycles. The number of phenols is 4. The van der Waals surface area contributed by atoms with Gasteiger partial charge < -0.3 is 25.2 Å². The number of ketones is 1. The second kappa shape index (κ2) is 9.16. The maximum absolute atomic E-state index is 13.0. The van der Waals surface area contributed by atoms with Gasteiger partial charge >= 0.3 is 0 Å². The highest BCUT2D eigenvalue weighted by Crippen LogP contribution is 2.43. The summed E-state index contributed by atoms with van der Waals surface area (Å²) in [6.45, 7) is 6.10. The third kappa shape index (κ3) is 5.02. The number of benzene rings is 2. The van der Waals surface area contributed by atoms with Crippen molar-refractivity contribution in [1.29, 1.82) is 0 Å². The van der Waals surface area contributed by atoms with Gasteiger partial charge in [0.2, 0.25) is 0 Å². The molecule has 0 saturated carbocycles. The Kier molecular flexibility index (Phi) is 6.59. The number of carbonyl (C=O) groups is 1. The maximum Gasteiger partial charge on any atom is 0.181 e. The molecular weight excluding hydrogens is 396 g/mol. The van der Waals surface area contributed by atoms with Crippen LogP contribution in [0.4, 0.5) is 0 Å². The molecule has 0 radical (unpaired) electrons. The van der Waals surface area contributed by atoms with Gasteiger partial charge in [0.15, 0.2) is 5.78 Å². The van der Waals surface area contributed by atoms with Crippen LogP contribution in [0.3, 0.4) is 0 Å². The summed E-state index contributed by atoms with van der Waals surface area (Å²) in [5, 5.41) is 40.4. The Morgan fingerprint density at radius 2 is 1.74 bits per heavy atom. The molecule has 164 valence electrons. The Balaban J connectivity index is 1.86. The molecule has 2 aromatic rings. The first-order valence-electron chi connectivity index (χ1n) is 10.2. The van der Waals surface area contributed by atoms with Crippen LogP contribution in [0.1, 0.15) is 61.0 Å². The Labute approximate surface area is 181 Å². The minimum absolute atomic E-state index is 0.0295. The van der Waals surface area contributed by atoms with Gasteiger partial charge in [0.1, 0.15) is 40.9 Å². The Morgan fingerprint density at radius 3 is 2.45 bits per heavy atom. The normalized spacial score (nSPS) is 15.9. The zero-order valence-electron chi connectivity index (χ0n) is 18.0. The molecule has 0 aliphatic carbocycles. The number of hydrogen-bond acceptors (Lipinski definition) is 6. The number of aromatic hydroxyl groups is 4. The molecule has 3 rings (SSSR count). The second-order valence-electron chi connectivity index (χ2n) is 8.18. The number of hydrogen-bond donors (Lipinski definition) is 4. The number of phenolic OH excluding ortho intramolecular Hbond substituents is 4. The lowest BCUT2D eigenvalue weighted by Gasteiger charge is -2.26. The quantitative estimate of drug-likeness (QED) is 0.481. The number of Topliss-reactive ketones (excluding diaryl/α,β-unsaturated/α-hetero) is 1. The molecule has 1 atom stereocenters. The van der Waals surface area contributed by atoms with Gasteiger partial charge in [-0.2, -0.15) is 0 Å². The van der Waals surface area contributed by atoms with Crippen molar-refractivity contribution in [2.24, 2.45) is 0 Å². The Hall–Kier alpha value is -3.41. The van der Waals surface area contributed by atoms with Crippen molar-refractivity contribution in [3.63, 3.8) is 0 Å². The molecule has 1 aliphatic rings. The molecule has 31 heavy (non-hydrogen) atoms. The minimum Gasteiger partial charge on any atom is -0.508 e. The van der Waals surface area contributed by atoms with Crippen molar-refractivity contribution < 1.29 is 30.0 Å². The smallest absolute Gasteiger partial charge is 0.181 e. The number of carbonyl (C=O) groups excluding carboxylic acids is 1. The van der Waals surface area contributed by atoms with E-state index in [0.717, 1.165) is 18.9 Å². The van der Waals surface area contributed by atoms with Gasteiger partial charge in [-0.3, -0.25) is 4.79 Å². The number of ether oxygens (including phenoxy) is 1. The summed E-state index contributed by atoms with van der Waals surface area (Å²) in [6, 6.07) is 5.19. The first kappa shape index (κ1) is 22.3. The van der Waals surface area contributed by atoms with Gasteiger partial charge in [0.05, 0.1) is 5.92 Å². The predicted octanol–water partition coefficient (Wildman–Crippen LogP) is 5.10. The van der Waals surface area contributed by atoms with E-state index in [1.807, 2.05) is 13.0 Å². The Bertz CT molecular complexity index is 1060. The molecule has 0 spiro atoms. The molecule has 0 saturated heterocycles. The first-order chi connectivity index (χ1) is 14.7. The lowest BCUT2D eigenvalue weighted by Crippen LogP contribution is -2.26. The van der Waals surface area contributed by atoms with E-state index in [4.69, 9.17) is 4.74 Å². The lowest BCUT2D eigenvalue weighted by atomic mass is 9.86. The van der Waals surface area contributed by atoms with E-state index >= 15 is 0 Å². The monoisotopic (exact) mass is 424 g/mol. The van der Waals surface area contributed by atoms with Crippen molar-refractivity contribution >= 4 is 5.78 Å². The van der Waals surface area contributed by atoms with E-state index in [0.29, 0.717) is 17.5 Å². The van der Waals surface area contributed by atoms with Crippen LogP contribution in [0.25, 0.3) is 0 Å². The fourth-order valence-electron chi connectivity index (χ4n) is 3.66. The molecule has 0 bridgehead atoms. The van der Waals surface area contributed by atoms with Crippen LogP contribution < -0.4 is 4.74 Å². The van der Waals surface area contributed by atoms with E-state index < -0.39 is 11.7 Å². The van der Waals surface area contributed by atoms with E-state index in [-0.39, 0.29) is 40.9 Å². The minimum atomic E-state index is -0.843. The molecule has 6 heteroatoms. The van der Waals surface area contributed by atoms with Crippen LogP contribution in [-0.4, -0.2) is 32.8 Å². The summed E-state index contributed by atoms with van der Waals surface area (Å²) >= 11 is 0. The van der Waals surface area contributed by atoms with Crippen LogP contribution in [0, 0.1) is 0 Å². The van der Waals surface area contributed by atoms with Crippen LogP contribution in [0.5, 0.6) is 28.7 Å². The standard InChI is InChI=1S/C25H28O6/c1-14(2)5-4-6-15(3)7-8-16-9-18(21(28)12-20(16)27)19-13-31-23-11-17(26)10-22(29)24(23)25(19)30/h5,7,9-12,19,26-29H,4,6,8,13H2,1-3H3. The van der Waals surface area contributed by atoms with Crippen molar-refractivity contribution in [2.45, 2.75) is 46.0 Å². The average Bonchev–Trinajstić information content (AvgIpc) is 2.67. The molecule has 0 fully saturated rings. The zero-order valence-corrected chi connectivity index (χ0v) is 18.0. The summed E-state index contributed by atoms with van der Waals surface area (Å²) < 4.78 is 5.58. The molecule has 6 nitrogen and oxygen atoms in total. The second-order valence-corrected chi connectivity index (χ2v) is 8.18. The number of rotatable bonds is 6. The fraction of sp³-hybridized carbons (Fsp3) is 0.320. The zero-order chi connectivity index (χ0) is 22.7. The summed E-state index contributed by atoms with van der Waals surface area (Å²) in [5.41, 5.74) is 3.34. The van der Waals surface area contributed by atoms with Gasteiger partial charge in [-0.15, -0.1) is 0 Å². The highest BCUT2D eigenvalue weighted by molar-refractivity contribution is 6.06. The van der Waals surface area contributed by atoms with Crippen molar-refractivity contribution in [2.75, 3.05) is 6.61 Å². The maximum atomic E-state index is 13.0. The highest BCUT2D eigenvalue weighted by atomic mass is 16.5. The molecule has 4 N–H and O–H groups in total. The van der Waals surface area contributed by atoms with E-state index in [2.05, 4.69) is 19.9 Å². The van der Waals surface area contributed by atoms with E-state index in [1.54, 1.807) is 6.07 Å². The largest absolute Gasteiger partial charge is 0.508 e. The lowest BCUT2D eigenvalue weighted by molar-refractivity contribution is 0.0890. The molecule has 2 aromatic carbocycles. The summed E-state index contributed by atoms with van der Waals surface area (Å²) in [4.78, 5) is 13.0. The number of fused-ring (bicyclic) bond motifs is 1. The van der Waals surface area contributed by atoms with Crippen molar-refractivity contribution in [3.8, 4) is 28.7 Å².